The third-order valence-corrected chi connectivity index (χ3v) is 3.98. The highest BCUT2D eigenvalue weighted by Gasteiger charge is 2.19. The lowest BCUT2D eigenvalue weighted by molar-refractivity contribution is 1.02. The maximum Gasteiger partial charge on any atom is 0.161 e. The van der Waals surface area contributed by atoms with Crippen LogP contribution < -0.4 is 10.6 Å². The molecular weight excluding hydrogens is 284 g/mol. The Morgan fingerprint density at radius 3 is 2.43 bits per heavy atom. The number of rotatable bonds is 4. The normalized spacial score (nSPS) is 12.5. The molecule has 0 spiro atoms. The average Bonchev–Trinajstić information content (AvgIpc) is 3.10. The number of fused-ring (bicyclic) bond motifs is 1. The van der Waals surface area contributed by atoms with Crippen molar-refractivity contribution in [3.8, 4) is 11.4 Å². The monoisotopic (exact) mass is 302 g/mol. The molecule has 114 valence electrons. The summed E-state index contributed by atoms with van der Waals surface area (Å²) in [5.74, 6) is 1.67. The molecule has 2 heterocycles. The fourth-order valence-electron chi connectivity index (χ4n) is 2.81. The smallest absolute Gasteiger partial charge is 0.161 e. The zero-order valence-electron chi connectivity index (χ0n) is 12.8. The summed E-state index contributed by atoms with van der Waals surface area (Å²) < 4.78 is 0. The summed E-state index contributed by atoms with van der Waals surface area (Å²) in [6, 6.07) is 20.5. The Bertz CT molecular complexity index is 800. The van der Waals surface area contributed by atoms with Crippen molar-refractivity contribution in [2.24, 2.45) is 0 Å². The van der Waals surface area contributed by atoms with E-state index in [1.807, 2.05) is 36.4 Å². The average molecular weight is 302 g/mol. The van der Waals surface area contributed by atoms with E-state index < -0.39 is 0 Å². The number of nitrogens with zero attached hydrogens (tertiary/aromatic N) is 2. The van der Waals surface area contributed by atoms with Gasteiger partial charge in [-0.15, -0.1) is 0 Å². The van der Waals surface area contributed by atoms with Gasteiger partial charge in [-0.05, 0) is 5.56 Å². The predicted octanol–water partition coefficient (Wildman–Crippen LogP) is 3.72. The van der Waals surface area contributed by atoms with Gasteiger partial charge in [-0.1, -0.05) is 60.7 Å². The second-order valence-corrected chi connectivity index (χ2v) is 5.60. The first-order valence-corrected chi connectivity index (χ1v) is 7.88. The van der Waals surface area contributed by atoms with Gasteiger partial charge in [-0.3, -0.25) is 0 Å². The van der Waals surface area contributed by atoms with Crippen molar-refractivity contribution in [3.63, 3.8) is 0 Å². The lowest BCUT2D eigenvalue weighted by atomic mass is 10.2. The van der Waals surface area contributed by atoms with E-state index in [-0.39, 0.29) is 0 Å². The summed E-state index contributed by atoms with van der Waals surface area (Å²) in [7, 11) is 0. The number of benzene rings is 2. The van der Waals surface area contributed by atoms with Gasteiger partial charge < -0.3 is 10.6 Å². The van der Waals surface area contributed by atoms with Crippen LogP contribution in [0.15, 0.2) is 60.7 Å². The van der Waals surface area contributed by atoms with Crippen LogP contribution in [0.5, 0.6) is 0 Å². The maximum atomic E-state index is 4.74. The molecular formula is C19H18N4. The maximum absolute atomic E-state index is 4.74. The number of anilines is 2. The molecule has 0 radical (unpaired) electrons. The molecule has 4 nitrogen and oxygen atoms in total. The molecule has 1 aliphatic rings. The zero-order valence-corrected chi connectivity index (χ0v) is 12.8. The van der Waals surface area contributed by atoms with E-state index in [2.05, 4.69) is 34.9 Å². The van der Waals surface area contributed by atoms with Gasteiger partial charge >= 0.3 is 0 Å². The van der Waals surface area contributed by atoms with Crippen molar-refractivity contribution in [1.29, 1.82) is 0 Å². The Labute approximate surface area is 135 Å². The molecule has 3 aromatic rings. The SMILES string of the molecule is c1ccc(CNc2nc(-c3ccccc3)nc3c2NCC3)cc1. The molecule has 0 unspecified atom stereocenters. The zero-order chi connectivity index (χ0) is 15.5. The fourth-order valence-corrected chi connectivity index (χ4v) is 2.81. The van der Waals surface area contributed by atoms with Crippen molar-refractivity contribution in [3.05, 3.63) is 71.9 Å². The first kappa shape index (κ1) is 13.8. The van der Waals surface area contributed by atoms with Crippen LogP contribution in [0.3, 0.4) is 0 Å². The van der Waals surface area contributed by atoms with Gasteiger partial charge in [0.2, 0.25) is 0 Å². The molecule has 0 aliphatic carbocycles. The first-order valence-electron chi connectivity index (χ1n) is 7.88. The third kappa shape index (κ3) is 2.88. The Balaban J connectivity index is 1.67. The van der Waals surface area contributed by atoms with Gasteiger partial charge in [0.25, 0.3) is 0 Å². The Kier molecular flexibility index (Phi) is 3.64. The molecule has 4 rings (SSSR count). The van der Waals surface area contributed by atoms with Crippen LogP contribution in [0.2, 0.25) is 0 Å². The Morgan fingerprint density at radius 1 is 0.913 bits per heavy atom. The van der Waals surface area contributed by atoms with Gasteiger partial charge in [0.05, 0.1) is 11.4 Å². The van der Waals surface area contributed by atoms with E-state index in [0.717, 1.165) is 48.1 Å². The van der Waals surface area contributed by atoms with Gasteiger partial charge in [0.1, 0.15) is 0 Å². The standard InChI is InChI=1S/C19H18N4/c1-3-7-14(8-4-1)13-21-19-17-16(11-12-20-17)22-18(23-19)15-9-5-2-6-10-15/h1-10,20H,11-13H2,(H,21,22,23). The van der Waals surface area contributed by atoms with Crippen molar-refractivity contribution < 1.29 is 0 Å². The predicted molar refractivity (Wildman–Crippen MR) is 93.4 cm³/mol. The van der Waals surface area contributed by atoms with E-state index in [1.54, 1.807) is 0 Å². The largest absolute Gasteiger partial charge is 0.380 e. The first-order chi connectivity index (χ1) is 11.4. The Morgan fingerprint density at radius 2 is 1.65 bits per heavy atom. The van der Waals surface area contributed by atoms with E-state index in [0.29, 0.717) is 0 Å². The number of hydrogen-bond acceptors (Lipinski definition) is 4. The van der Waals surface area contributed by atoms with E-state index in [9.17, 15) is 0 Å². The molecule has 2 N–H and O–H groups in total. The van der Waals surface area contributed by atoms with Crippen molar-refractivity contribution >= 4 is 11.5 Å². The third-order valence-electron chi connectivity index (χ3n) is 3.98. The fraction of sp³-hybridized carbons (Fsp3) is 0.158. The van der Waals surface area contributed by atoms with Gasteiger partial charge in [-0.25, -0.2) is 9.97 Å². The summed E-state index contributed by atoms with van der Waals surface area (Å²) in [6.07, 6.45) is 0.942. The van der Waals surface area contributed by atoms with E-state index >= 15 is 0 Å². The van der Waals surface area contributed by atoms with E-state index in [4.69, 9.17) is 9.97 Å². The van der Waals surface area contributed by atoms with Crippen molar-refractivity contribution in [2.75, 3.05) is 17.2 Å². The second kappa shape index (κ2) is 6.08. The minimum atomic E-state index is 0.750. The lowest BCUT2D eigenvalue weighted by Crippen LogP contribution is -2.06. The molecule has 4 heteroatoms. The number of hydrogen-bond donors (Lipinski definition) is 2. The summed E-state index contributed by atoms with van der Waals surface area (Å²) in [5, 5.41) is 6.85. The molecule has 23 heavy (non-hydrogen) atoms. The molecule has 0 saturated carbocycles. The van der Waals surface area contributed by atoms with Crippen LogP contribution in [-0.4, -0.2) is 16.5 Å². The van der Waals surface area contributed by atoms with Crippen LogP contribution in [0, 0.1) is 0 Å². The lowest BCUT2D eigenvalue weighted by Gasteiger charge is -2.12. The highest BCUT2D eigenvalue weighted by Crippen LogP contribution is 2.30. The minimum Gasteiger partial charge on any atom is -0.380 e. The van der Waals surface area contributed by atoms with E-state index in [1.165, 1.54) is 5.56 Å². The summed E-state index contributed by atoms with van der Waals surface area (Å²) in [4.78, 5) is 9.47. The summed E-state index contributed by atoms with van der Waals surface area (Å²) >= 11 is 0. The van der Waals surface area contributed by atoms with Crippen molar-refractivity contribution in [1.82, 2.24) is 9.97 Å². The Hall–Kier alpha value is -2.88. The molecule has 0 saturated heterocycles. The van der Waals surface area contributed by atoms with Gasteiger partial charge in [0, 0.05) is 25.1 Å². The van der Waals surface area contributed by atoms with Crippen LogP contribution in [0.25, 0.3) is 11.4 Å². The summed E-state index contributed by atoms with van der Waals surface area (Å²) in [5.41, 5.74) is 4.42. The molecule has 0 bridgehead atoms. The van der Waals surface area contributed by atoms with Gasteiger partial charge in [0.15, 0.2) is 11.6 Å². The minimum absolute atomic E-state index is 0.750. The van der Waals surface area contributed by atoms with Crippen LogP contribution in [0.1, 0.15) is 11.3 Å². The van der Waals surface area contributed by atoms with Crippen LogP contribution >= 0.6 is 0 Å². The van der Waals surface area contributed by atoms with Gasteiger partial charge in [-0.2, -0.15) is 0 Å². The highest BCUT2D eigenvalue weighted by molar-refractivity contribution is 5.72. The molecule has 0 amide bonds. The quantitative estimate of drug-likeness (QED) is 0.771. The second-order valence-electron chi connectivity index (χ2n) is 5.60. The van der Waals surface area contributed by atoms with Crippen LogP contribution in [0.4, 0.5) is 11.5 Å². The van der Waals surface area contributed by atoms with Crippen LogP contribution in [-0.2, 0) is 13.0 Å². The molecule has 0 atom stereocenters. The molecule has 1 aliphatic heterocycles. The topological polar surface area (TPSA) is 49.8 Å². The molecule has 2 aromatic carbocycles. The molecule has 1 aromatic heterocycles. The number of nitrogens with one attached hydrogen (secondary N) is 2. The highest BCUT2D eigenvalue weighted by atomic mass is 15.1. The number of aromatic nitrogens is 2. The van der Waals surface area contributed by atoms with Crippen molar-refractivity contribution in [2.45, 2.75) is 13.0 Å². The molecule has 0 fully saturated rings. The summed E-state index contributed by atoms with van der Waals surface area (Å²) in [6.45, 7) is 1.67.